The third-order valence-electron chi connectivity index (χ3n) is 17.7. The van der Waals surface area contributed by atoms with Crippen LogP contribution in [-0.4, -0.2) is 105 Å². The van der Waals surface area contributed by atoms with Crippen LogP contribution in [0.4, 0.5) is 4.79 Å². The minimum Gasteiger partial charge on any atom is -0.478 e. The highest BCUT2D eigenvalue weighted by atomic mass is 79.9. The minimum absolute atomic E-state index is 0.0319. The summed E-state index contributed by atoms with van der Waals surface area (Å²) in [6, 6.07) is 82.2. The molecule has 0 bridgehead atoms. The van der Waals surface area contributed by atoms with Crippen molar-refractivity contribution < 1.29 is 63.0 Å². The van der Waals surface area contributed by atoms with Gasteiger partial charge in [-0.25, -0.2) is 9.59 Å². The lowest BCUT2D eigenvalue weighted by atomic mass is 9.68. The first-order chi connectivity index (χ1) is 53.1. The van der Waals surface area contributed by atoms with Crippen LogP contribution in [0, 0.1) is 0 Å². The largest absolute Gasteiger partial charge is 0.495 e. The van der Waals surface area contributed by atoms with Gasteiger partial charge in [0.05, 0.1) is 34.6 Å². The van der Waals surface area contributed by atoms with Crippen molar-refractivity contribution in [3.05, 3.63) is 299 Å². The fourth-order valence-corrected chi connectivity index (χ4v) is 12.8. The maximum atomic E-state index is 12.0. The van der Waals surface area contributed by atoms with Crippen molar-refractivity contribution in [1.29, 1.82) is 0 Å². The van der Waals surface area contributed by atoms with Gasteiger partial charge in [-0.3, -0.25) is 14.2 Å². The van der Waals surface area contributed by atoms with Crippen LogP contribution in [0.25, 0.3) is 66.1 Å². The topological polar surface area (TPSA) is 226 Å². The number of carbonyl (C=O) groups is 4. The number of halogens is 2. The van der Waals surface area contributed by atoms with E-state index in [2.05, 4.69) is 88.8 Å². The molecule has 0 aliphatic carbocycles. The molecule has 112 heavy (non-hydrogen) atoms. The number of carboxylic acids is 1. The van der Waals surface area contributed by atoms with Crippen LogP contribution in [0.1, 0.15) is 111 Å². The first kappa shape index (κ1) is 87.2. The predicted octanol–water partition coefficient (Wildman–Crippen LogP) is 19.8. The molecule has 9 aromatic carbocycles. The SMILES string of the molecule is CB(O)c1cccn1C(=O)OC(C)(C)C.CC(C)(C)OC(=O)Cn1c(Br)ccc1-c1ccccc1.CC(C)(C)OC(=O)Cn1cccc1-c1ccccc1.CC1(C)OB(c2cccc3c(CO)cccc23)OC1(C)C.O=C(O)c1cccc2ccccc12.OCc1cccc2c(Br)cccc12.c1ccc(-c2ccc[nH]2)cc1. The average Bonchev–Trinajstić information content (AvgIpc) is 1.58. The van der Waals surface area contributed by atoms with Crippen LogP contribution in [0.2, 0.25) is 6.82 Å². The number of fused-ring (bicyclic) bond motifs is 3. The Morgan fingerprint density at radius 2 is 0.955 bits per heavy atom. The number of carbonyl (C=O) groups excluding carboxylic acids is 3. The number of H-pyrrole nitrogens is 1. The fourth-order valence-electron chi connectivity index (χ4n) is 11.8. The van der Waals surface area contributed by atoms with Gasteiger partial charge < -0.3 is 58.0 Å². The Morgan fingerprint density at radius 3 is 1.50 bits per heavy atom. The van der Waals surface area contributed by atoms with E-state index in [1.165, 1.54) is 15.8 Å². The first-order valence-electron chi connectivity index (χ1n) is 36.8. The van der Waals surface area contributed by atoms with E-state index in [9.17, 15) is 29.3 Å². The molecule has 0 saturated carbocycles. The highest BCUT2D eigenvalue weighted by molar-refractivity contribution is 9.10. The Kier molecular flexibility index (Phi) is 30.9. The maximum Gasteiger partial charge on any atom is 0.495 e. The molecular formula is C91H100B2Br2N4O13. The summed E-state index contributed by atoms with van der Waals surface area (Å²) in [7, 11) is -0.382. The Bertz CT molecular complexity index is 5170. The number of carboxylic acid groups (broad SMARTS) is 1. The van der Waals surface area contributed by atoms with Gasteiger partial charge in [0.1, 0.15) is 29.9 Å². The van der Waals surface area contributed by atoms with E-state index < -0.39 is 35.8 Å². The Labute approximate surface area is 674 Å². The minimum atomic E-state index is -0.878. The van der Waals surface area contributed by atoms with Crippen molar-refractivity contribution >= 4 is 113 Å². The van der Waals surface area contributed by atoms with Crippen molar-refractivity contribution in [3.63, 3.8) is 0 Å². The van der Waals surface area contributed by atoms with Gasteiger partial charge in [0.15, 0.2) is 0 Å². The van der Waals surface area contributed by atoms with Gasteiger partial charge in [0.2, 0.25) is 0 Å². The summed E-state index contributed by atoms with van der Waals surface area (Å²) in [4.78, 5) is 49.5. The number of aromatic nitrogens is 4. The molecule has 582 valence electrons. The summed E-state index contributed by atoms with van der Waals surface area (Å²) in [5.41, 5.74) is 8.23. The quantitative estimate of drug-likeness (QED) is 0.0436. The molecule has 5 N–H and O–H groups in total. The molecule has 0 unspecified atom stereocenters. The van der Waals surface area contributed by atoms with Gasteiger partial charge in [0, 0.05) is 45.7 Å². The zero-order chi connectivity index (χ0) is 81.6. The third-order valence-corrected chi connectivity index (χ3v) is 19.1. The van der Waals surface area contributed by atoms with E-state index in [1.54, 1.807) is 58.1 Å². The molecule has 1 fully saturated rings. The van der Waals surface area contributed by atoms with Crippen molar-refractivity contribution in [2.45, 2.75) is 151 Å². The third kappa shape index (κ3) is 25.1. The molecule has 0 amide bonds. The molecule has 5 heterocycles. The number of benzene rings is 9. The molecule has 1 aliphatic heterocycles. The number of ether oxygens (including phenoxy) is 3. The average molecular weight is 1640 g/mol. The molecular weight excluding hydrogens is 1540 g/mol. The van der Waals surface area contributed by atoms with Gasteiger partial charge in [-0.2, -0.15) is 0 Å². The summed E-state index contributed by atoms with van der Waals surface area (Å²) < 4.78 is 35.3. The molecule has 17 nitrogen and oxygen atoms in total. The van der Waals surface area contributed by atoms with Crippen LogP contribution in [0.5, 0.6) is 0 Å². The number of esters is 2. The second kappa shape index (κ2) is 39.7. The van der Waals surface area contributed by atoms with E-state index in [4.69, 9.17) is 33.7 Å². The number of aromatic amines is 1. The van der Waals surface area contributed by atoms with Gasteiger partial charge in [-0.15, -0.1) is 0 Å². The smallest absolute Gasteiger partial charge is 0.478 e. The lowest BCUT2D eigenvalue weighted by molar-refractivity contribution is -0.156. The summed E-state index contributed by atoms with van der Waals surface area (Å²) in [5.74, 6) is -1.34. The molecule has 0 atom stereocenters. The zero-order valence-corrected chi connectivity index (χ0v) is 69.2. The molecule has 14 rings (SSSR count). The number of nitrogens with one attached hydrogen (secondary N) is 1. The van der Waals surface area contributed by atoms with Crippen LogP contribution in [-0.2, 0) is 59.4 Å². The number of aliphatic hydroxyl groups is 2. The van der Waals surface area contributed by atoms with E-state index in [-0.39, 0.29) is 56.6 Å². The molecule has 4 aromatic heterocycles. The van der Waals surface area contributed by atoms with E-state index in [0.717, 1.165) is 80.5 Å². The summed E-state index contributed by atoms with van der Waals surface area (Å²) in [6.07, 6.45) is 4.94. The normalized spacial score (nSPS) is 12.6. The first-order valence-corrected chi connectivity index (χ1v) is 38.4. The maximum absolute atomic E-state index is 12.0. The predicted molar refractivity (Wildman–Crippen MR) is 459 cm³/mol. The van der Waals surface area contributed by atoms with Crippen LogP contribution in [0.3, 0.4) is 0 Å². The van der Waals surface area contributed by atoms with Crippen molar-refractivity contribution in [2.24, 2.45) is 0 Å². The molecule has 0 radical (unpaired) electrons. The second-order valence-electron chi connectivity index (χ2n) is 30.3. The van der Waals surface area contributed by atoms with Crippen LogP contribution >= 0.6 is 31.9 Å². The lowest BCUT2D eigenvalue weighted by Gasteiger charge is -2.32. The number of aliphatic hydroxyl groups excluding tert-OH is 2. The highest BCUT2D eigenvalue weighted by Gasteiger charge is 2.52. The van der Waals surface area contributed by atoms with E-state index >= 15 is 0 Å². The van der Waals surface area contributed by atoms with Crippen molar-refractivity contribution in [2.75, 3.05) is 0 Å². The molecule has 13 aromatic rings. The van der Waals surface area contributed by atoms with Gasteiger partial charge >= 0.3 is 38.0 Å². The summed E-state index contributed by atoms with van der Waals surface area (Å²) >= 11 is 6.96. The Morgan fingerprint density at radius 1 is 0.482 bits per heavy atom. The zero-order valence-electron chi connectivity index (χ0n) is 66.0. The fraction of sp³-hybridized carbons (Fsp3) is 0.253. The molecule has 0 spiro atoms. The van der Waals surface area contributed by atoms with E-state index in [0.29, 0.717) is 11.2 Å². The Balaban J connectivity index is 0.000000166. The number of hydrogen-bond acceptors (Lipinski definition) is 12. The van der Waals surface area contributed by atoms with E-state index in [1.807, 2.05) is 269 Å². The lowest BCUT2D eigenvalue weighted by Crippen LogP contribution is -2.41. The number of aromatic carboxylic acids is 1. The number of rotatable bonds is 12. The van der Waals surface area contributed by atoms with Crippen LogP contribution in [0.15, 0.2) is 282 Å². The number of hydrogen-bond donors (Lipinski definition) is 5. The standard InChI is InChI=1S/C17H21BO3.C16H18BrNO2.C16H19NO2.C11H9BrO.C11H8O2.C10H16BNO3.C10H9N/c1-16(2)17(3,4)21-18(20-16)15-10-6-8-13-12(11-19)7-5-9-14(13)15;1-16(2,3)20-15(19)11-18-13(9-10-14(18)17)12-7-5-4-6-8-12;1-16(2,3)19-15(18)12-17-11-7-10-14(17)13-8-5-4-6-9-13;12-11-6-2-4-9-8(7-13)3-1-5-10(9)11;12-11(13)10-7-3-5-8-4-1-2-6-9(8)10;1-10(2,3)15-9(13)12-7-5-6-8(12)11(4)14;1-2-5-9(6-3-1)10-7-4-8-11-10/h5-10,19H,11H2,1-4H3;4-10H,11H2,1-3H3;4-11H,12H2,1-3H3;1-6,13H,7H2;1-7H,(H,12,13);5-7,14H,1-4H3;1-8,11H. The van der Waals surface area contributed by atoms with Gasteiger partial charge in [-0.1, -0.05) is 217 Å². The summed E-state index contributed by atoms with van der Waals surface area (Å²) in [5, 5.41) is 43.0. The van der Waals surface area contributed by atoms with Gasteiger partial charge in [0.25, 0.3) is 0 Å². The molecule has 1 saturated heterocycles. The van der Waals surface area contributed by atoms with Gasteiger partial charge in [-0.05, 0) is 232 Å². The highest BCUT2D eigenvalue weighted by Crippen LogP contribution is 2.38. The van der Waals surface area contributed by atoms with Crippen LogP contribution < -0.4 is 11.1 Å². The molecule has 1 aliphatic rings. The van der Waals surface area contributed by atoms with Crippen molar-refractivity contribution in [1.82, 2.24) is 18.7 Å². The summed E-state index contributed by atoms with van der Waals surface area (Å²) in [6.45, 7) is 26.3. The number of nitrogens with zero attached hydrogens (tertiary/aromatic N) is 3. The monoisotopic (exact) mass is 1640 g/mol. The van der Waals surface area contributed by atoms with Crippen molar-refractivity contribution in [3.8, 4) is 33.8 Å². The molecule has 21 heteroatoms. The Hall–Kier alpha value is -10.4. The second-order valence-corrected chi connectivity index (χ2v) is 32.0.